The maximum atomic E-state index is 14.4. The Balaban J connectivity index is 1.66. The molecule has 0 fully saturated rings. The number of carbonyl (C=O) groups excluding carboxylic acids is 2. The maximum absolute atomic E-state index is 14.4. The molecule has 0 saturated heterocycles. The summed E-state index contributed by atoms with van der Waals surface area (Å²) in [6.45, 7) is 3.77. The summed E-state index contributed by atoms with van der Waals surface area (Å²) < 4.78 is 66.0. The first kappa shape index (κ1) is 40.0. The fourth-order valence-corrected chi connectivity index (χ4v) is 9.32. The van der Waals surface area contributed by atoms with Crippen LogP contribution in [-0.4, -0.2) is 75.8 Å². The summed E-state index contributed by atoms with van der Waals surface area (Å²) in [7, 11) is -8.17. The van der Waals surface area contributed by atoms with Gasteiger partial charge in [0.2, 0.25) is 5.91 Å². The third kappa shape index (κ3) is 10.9. The number of fused-ring (bicyclic) bond motifs is 1. The van der Waals surface area contributed by atoms with Gasteiger partial charge in [0, 0.05) is 30.3 Å². The second-order valence-corrected chi connectivity index (χ2v) is 17.2. The van der Waals surface area contributed by atoms with E-state index in [0.29, 0.717) is 22.7 Å². The number of carbonyl (C=O) groups is 2. The van der Waals surface area contributed by atoms with Gasteiger partial charge < -0.3 is 25.4 Å². The van der Waals surface area contributed by atoms with Gasteiger partial charge in [-0.1, -0.05) is 69.9 Å². The number of aromatic hydroxyl groups is 1. The van der Waals surface area contributed by atoms with E-state index in [-0.39, 0.29) is 22.1 Å². The van der Waals surface area contributed by atoms with Gasteiger partial charge in [0.1, 0.15) is 17.5 Å². The summed E-state index contributed by atoms with van der Waals surface area (Å²) in [5.74, 6) is -2.09. The number of thioether (sulfide) groups is 1. The van der Waals surface area contributed by atoms with Crippen LogP contribution in [0.15, 0.2) is 76.5 Å². The predicted octanol–water partition coefficient (Wildman–Crippen LogP) is 5.65. The number of nitrogens with zero attached hydrogens (tertiary/aromatic N) is 1. The minimum Gasteiger partial charge on any atom is -0.508 e. The Hall–Kier alpha value is -3.79. The molecule has 0 aromatic heterocycles. The largest absolute Gasteiger partial charge is 0.508 e. The molecule has 4 rings (SSSR count). The monoisotopic (exact) mass is 761 g/mol. The van der Waals surface area contributed by atoms with Crippen molar-refractivity contribution in [2.24, 2.45) is 5.41 Å². The third-order valence-corrected chi connectivity index (χ3v) is 12.3. The molecule has 0 bridgehead atoms. The van der Waals surface area contributed by atoms with Crippen molar-refractivity contribution in [1.29, 1.82) is 0 Å². The number of para-hydroxylation sites is 1. The molecule has 51 heavy (non-hydrogen) atoms. The quantitative estimate of drug-likeness (QED) is 0.0987. The average Bonchev–Trinajstić information content (AvgIpc) is 3.19. The Morgan fingerprint density at radius 3 is 2.25 bits per heavy atom. The van der Waals surface area contributed by atoms with Gasteiger partial charge in [-0.05, 0) is 55.0 Å². The summed E-state index contributed by atoms with van der Waals surface area (Å²) >= 11 is 1.34. The van der Waals surface area contributed by atoms with Crippen LogP contribution in [0.2, 0.25) is 0 Å². The highest BCUT2D eigenvalue weighted by Crippen LogP contribution is 2.47. The highest BCUT2D eigenvalue weighted by molar-refractivity contribution is 7.98. The van der Waals surface area contributed by atoms with Crippen LogP contribution in [0.5, 0.6) is 11.5 Å². The molecule has 12 nitrogen and oxygen atoms in total. The Labute approximate surface area is 305 Å². The van der Waals surface area contributed by atoms with Crippen LogP contribution in [0.25, 0.3) is 0 Å². The third-order valence-electron chi connectivity index (χ3n) is 8.86. The summed E-state index contributed by atoms with van der Waals surface area (Å²) in [4.78, 5) is 29.1. The molecule has 1 heterocycles. The Kier molecular flexibility index (Phi) is 13.8. The number of anilines is 2. The first-order chi connectivity index (χ1) is 24.2. The maximum Gasteiger partial charge on any atom is 0.266 e. The van der Waals surface area contributed by atoms with Crippen LogP contribution in [-0.2, 0) is 29.5 Å². The topological polar surface area (TPSA) is 179 Å². The lowest BCUT2D eigenvalue weighted by Gasteiger charge is -2.37. The number of nitrogens with one attached hydrogen (secondary N) is 2. The number of rotatable bonds is 17. The van der Waals surface area contributed by atoms with Crippen molar-refractivity contribution in [3.05, 3.63) is 72.3 Å². The zero-order valence-electron chi connectivity index (χ0n) is 29.1. The number of phenols is 1. The van der Waals surface area contributed by atoms with Crippen molar-refractivity contribution in [2.45, 2.75) is 68.2 Å². The van der Waals surface area contributed by atoms with Crippen molar-refractivity contribution in [3.8, 4) is 11.5 Å². The van der Waals surface area contributed by atoms with Crippen molar-refractivity contribution in [3.63, 3.8) is 0 Å². The van der Waals surface area contributed by atoms with Gasteiger partial charge in [0.15, 0.2) is 16.4 Å². The normalized spacial score (nSPS) is 15.6. The molecule has 2 amide bonds. The predicted molar refractivity (Wildman–Crippen MR) is 199 cm³/mol. The highest BCUT2D eigenvalue weighted by Gasteiger charge is 2.42. The van der Waals surface area contributed by atoms with Crippen LogP contribution in [0, 0.1) is 5.41 Å². The van der Waals surface area contributed by atoms with Crippen molar-refractivity contribution < 1.29 is 40.8 Å². The molecule has 0 saturated carbocycles. The van der Waals surface area contributed by atoms with Gasteiger partial charge in [-0.25, -0.2) is 8.42 Å². The molecular weight excluding hydrogens is 715 g/mol. The van der Waals surface area contributed by atoms with E-state index < -0.39 is 62.1 Å². The van der Waals surface area contributed by atoms with Crippen molar-refractivity contribution >= 4 is 54.9 Å². The standard InChI is InChI=1S/C36H47N3O9S3/c1-4-6-17-36(18-7-5-2)24-39(27-11-9-8-10-12-27)29-21-31(49-3)30(22-32(29)50(43,44)25-36)48-23-33(41)38-34(26-13-15-28(40)16-14-26)35(42)37-19-20-51(45,46)47/h8-16,21-22,34,40H,4-7,17-20,23-25H2,1-3H3,(H,37,42)(H,38,41)(H,45,46,47)/t34-/m0/s1. The summed E-state index contributed by atoms with van der Waals surface area (Å²) in [5.41, 5.74) is 1.24. The molecular formula is C36H47N3O9S3. The molecule has 1 aliphatic rings. The molecule has 0 unspecified atom stereocenters. The number of benzene rings is 3. The second kappa shape index (κ2) is 17.6. The van der Waals surface area contributed by atoms with E-state index >= 15 is 0 Å². The summed E-state index contributed by atoms with van der Waals surface area (Å²) in [5, 5.41) is 14.7. The van der Waals surface area contributed by atoms with E-state index in [2.05, 4.69) is 29.4 Å². The Morgan fingerprint density at radius 1 is 1.02 bits per heavy atom. The molecule has 15 heteroatoms. The average molecular weight is 762 g/mol. The van der Waals surface area contributed by atoms with Crippen LogP contribution in [0.3, 0.4) is 0 Å². The van der Waals surface area contributed by atoms with Crippen LogP contribution < -0.4 is 20.3 Å². The van der Waals surface area contributed by atoms with E-state index in [1.165, 1.54) is 42.1 Å². The highest BCUT2D eigenvalue weighted by atomic mass is 32.2. The molecule has 0 radical (unpaired) electrons. The number of hydrogen-bond acceptors (Lipinski definition) is 10. The van der Waals surface area contributed by atoms with Gasteiger partial charge in [0.05, 0.1) is 27.0 Å². The zero-order chi connectivity index (χ0) is 37.2. The molecule has 0 spiro atoms. The van der Waals surface area contributed by atoms with Gasteiger partial charge in [-0.2, -0.15) is 8.42 Å². The van der Waals surface area contributed by atoms with Gasteiger partial charge in [-0.3, -0.25) is 14.1 Å². The number of sulfone groups is 1. The van der Waals surface area contributed by atoms with E-state index in [0.717, 1.165) is 44.2 Å². The lowest BCUT2D eigenvalue weighted by atomic mass is 9.79. The first-order valence-electron chi connectivity index (χ1n) is 16.9. The fourth-order valence-electron chi connectivity index (χ4n) is 6.30. The zero-order valence-corrected chi connectivity index (χ0v) is 31.6. The fraction of sp³-hybridized carbons (Fsp3) is 0.444. The van der Waals surface area contributed by atoms with Crippen LogP contribution >= 0.6 is 11.8 Å². The van der Waals surface area contributed by atoms with Gasteiger partial charge in [-0.15, -0.1) is 11.8 Å². The second-order valence-electron chi connectivity index (χ2n) is 12.8. The van der Waals surface area contributed by atoms with E-state index in [4.69, 9.17) is 9.29 Å². The molecule has 4 N–H and O–H groups in total. The molecule has 1 atom stereocenters. The van der Waals surface area contributed by atoms with Crippen LogP contribution in [0.4, 0.5) is 11.4 Å². The lowest BCUT2D eigenvalue weighted by molar-refractivity contribution is -0.130. The minimum absolute atomic E-state index is 0.0180. The number of hydrogen-bond donors (Lipinski definition) is 4. The van der Waals surface area contributed by atoms with Crippen molar-refractivity contribution in [2.75, 3.05) is 42.4 Å². The number of amides is 2. The van der Waals surface area contributed by atoms with E-state index in [1.807, 2.05) is 36.6 Å². The Bertz CT molecular complexity index is 1860. The van der Waals surface area contributed by atoms with Gasteiger partial charge >= 0.3 is 0 Å². The molecule has 3 aromatic rings. The SMILES string of the molecule is CCCCC1(CCCC)CN(c2ccccc2)c2cc(SC)c(OCC(=O)N[C@H](C(=O)NCCS(=O)(=O)O)c3ccc(O)cc3)cc2S(=O)(=O)C1. The van der Waals surface area contributed by atoms with Crippen LogP contribution in [0.1, 0.15) is 64.0 Å². The molecule has 0 aliphatic carbocycles. The lowest BCUT2D eigenvalue weighted by Crippen LogP contribution is -2.43. The molecule has 3 aromatic carbocycles. The molecule has 1 aliphatic heterocycles. The smallest absolute Gasteiger partial charge is 0.266 e. The summed E-state index contributed by atoms with van der Waals surface area (Å²) in [6.07, 6.45) is 7.07. The van der Waals surface area contributed by atoms with E-state index in [9.17, 15) is 31.5 Å². The molecule has 278 valence electrons. The van der Waals surface area contributed by atoms with Gasteiger partial charge in [0.25, 0.3) is 16.0 Å². The number of ether oxygens (including phenoxy) is 1. The number of unbranched alkanes of at least 4 members (excludes halogenated alkanes) is 2. The Morgan fingerprint density at radius 2 is 1.67 bits per heavy atom. The summed E-state index contributed by atoms with van der Waals surface area (Å²) in [6, 6.07) is 17.2. The first-order valence-corrected chi connectivity index (χ1v) is 21.4. The van der Waals surface area contributed by atoms with Crippen molar-refractivity contribution in [1.82, 2.24) is 10.6 Å². The minimum atomic E-state index is -4.34. The number of phenolic OH excluding ortho intramolecular Hbond substituents is 1. The van der Waals surface area contributed by atoms with E-state index in [1.54, 1.807) is 6.07 Å².